The van der Waals surface area contributed by atoms with Crippen molar-refractivity contribution < 1.29 is 24.6 Å². The van der Waals surface area contributed by atoms with Gasteiger partial charge < -0.3 is 20.4 Å². The van der Waals surface area contributed by atoms with Crippen molar-refractivity contribution in [2.75, 3.05) is 7.05 Å². The van der Waals surface area contributed by atoms with E-state index in [0.717, 1.165) is 10.0 Å². The average Bonchev–Trinajstić information content (AvgIpc) is 2.39. The Balaban J connectivity index is 2.67. The van der Waals surface area contributed by atoms with Crippen LogP contribution < -0.4 is 5.32 Å². The highest BCUT2D eigenvalue weighted by Gasteiger charge is 2.24. The van der Waals surface area contributed by atoms with Gasteiger partial charge >= 0.3 is 18.0 Å². The third kappa shape index (κ3) is 5.42. The molecule has 7 nitrogen and oxygen atoms in total. The maximum absolute atomic E-state index is 11.9. The van der Waals surface area contributed by atoms with E-state index in [-0.39, 0.29) is 6.54 Å². The number of urea groups is 1. The highest BCUT2D eigenvalue weighted by Crippen LogP contribution is 2.17. The second kappa shape index (κ2) is 7.63. The fraction of sp³-hybridized carbons (Fsp3) is 0.308. The summed E-state index contributed by atoms with van der Waals surface area (Å²) in [5, 5.41) is 19.7. The van der Waals surface area contributed by atoms with Crippen molar-refractivity contribution in [3.8, 4) is 0 Å². The van der Waals surface area contributed by atoms with Crippen LogP contribution in [-0.4, -0.2) is 46.2 Å². The zero-order chi connectivity index (χ0) is 16.0. The van der Waals surface area contributed by atoms with Gasteiger partial charge in [-0.2, -0.15) is 0 Å². The van der Waals surface area contributed by atoms with E-state index in [1.54, 1.807) is 0 Å². The molecule has 21 heavy (non-hydrogen) atoms. The Labute approximate surface area is 129 Å². The van der Waals surface area contributed by atoms with Crippen molar-refractivity contribution in [1.82, 2.24) is 10.2 Å². The first kappa shape index (κ1) is 17.0. The lowest BCUT2D eigenvalue weighted by molar-refractivity contribution is -0.145. The van der Waals surface area contributed by atoms with E-state index in [2.05, 4.69) is 21.2 Å². The molecule has 114 valence electrons. The number of benzene rings is 1. The molecule has 0 heterocycles. The monoisotopic (exact) mass is 358 g/mol. The van der Waals surface area contributed by atoms with E-state index in [9.17, 15) is 14.4 Å². The largest absolute Gasteiger partial charge is 0.481 e. The molecule has 8 heteroatoms. The van der Waals surface area contributed by atoms with E-state index in [1.807, 2.05) is 24.3 Å². The van der Waals surface area contributed by atoms with Crippen LogP contribution in [0.2, 0.25) is 0 Å². The Morgan fingerprint density at radius 2 is 1.90 bits per heavy atom. The minimum atomic E-state index is -1.46. The Kier molecular flexibility index (Phi) is 6.16. The van der Waals surface area contributed by atoms with Crippen molar-refractivity contribution in [3.63, 3.8) is 0 Å². The number of nitrogens with one attached hydrogen (secondary N) is 1. The lowest BCUT2D eigenvalue weighted by Gasteiger charge is -2.21. The van der Waals surface area contributed by atoms with Gasteiger partial charge in [0.25, 0.3) is 0 Å². The molecule has 1 atom stereocenters. The number of hydrogen-bond acceptors (Lipinski definition) is 3. The molecule has 1 aromatic rings. The first-order chi connectivity index (χ1) is 9.81. The number of carbonyl (C=O) groups excluding carboxylic acids is 1. The molecule has 0 aliphatic carbocycles. The van der Waals surface area contributed by atoms with Gasteiger partial charge in [0, 0.05) is 18.1 Å². The minimum absolute atomic E-state index is 0.257. The lowest BCUT2D eigenvalue weighted by atomic mass is 10.2. The number of carboxylic acid groups (broad SMARTS) is 2. The maximum Gasteiger partial charge on any atom is 0.326 e. The number of carbonyl (C=O) groups is 3. The Morgan fingerprint density at radius 1 is 1.29 bits per heavy atom. The van der Waals surface area contributed by atoms with Crippen LogP contribution in [0.3, 0.4) is 0 Å². The highest BCUT2D eigenvalue weighted by molar-refractivity contribution is 9.10. The first-order valence-corrected chi connectivity index (χ1v) is 6.80. The zero-order valence-electron chi connectivity index (χ0n) is 11.2. The predicted molar refractivity (Wildman–Crippen MR) is 77.8 cm³/mol. The molecule has 0 saturated heterocycles. The van der Waals surface area contributed by atoms with E-state index in [4.69, 9.17) is 10.2 Å². The number of amides is 2. The first-order valence-electron chi connectivity index (χ1n) is 6.01. The predicted octanol–water partition coefficient (Wildman–Crippen LogP) is 1.52. The lowest BCUT2D eigenvalue weighted by Crippen LogP contribution is -2.47. The fourth-order valence-electron chi connectivity index (χ4n) is 1.59. The van der Waals surface area contributed by atoms with Crippen LogP contribution in [0.5, 0.6) is 0 Å². The number of aliphatic carboxylic acids is 2. The van der Waals surface area contributed by atoms with Crippen LogP contribution in [0, 0.1) is 0 Å². The summed E-state index contributed by atoms with van der Waals surface area (Å²) in [5.74, 6) is -2.68. The second-order valence-corrected chi connectivity index (χ2v) is 5.24. The van der Waals surface area contributed by atoms with Crippen LogP contribution in [0.4, 0.5) is 4.79 Å². The molecular formula is C13H15BrN2O5. The molecule has 3 N–H and O–H groups in total. The van der Waals surface area contributed by atoms with Crippen molar-refractivity contribution in [2.45, 2.75) is 19.0 Å². The Morgan fingerprint density at radius 3 is 2.43 bits per heavy atom. The summed E-state index contributed by atoms with van der Waals surface area (Å²) in [6.45, 7) is 0.257. The molecule has 1 rings (SSSR count). The van der Waals surface area contributed by atoms with Gasteiger partial charge in [-0.25, -0.2) is 9.59 Å². The standard InChI is InChI=1S/C13H15BrN2O5/c1-16(7-8-4-2-3-5-9(8)14)13(21)15-10(12(19)20)6-11(17)18/h2-5,10H,6-7H2,1H3,(H,15,21)(H,17,18)(H,19,20)/t10-/m0/s1. The molecule has 0 bridgehead atoms. The quantitative estimate of drug-likeness (QED) is 0.714. The van der Waals surface area contributed by atoms with Gasteiger partial charge in [-0.05, 0) is 11.6 Å². The molecule has 0 saturated carbocycles. The van der Waals surface area contributed by atoms with Crippen LogP contribution in [-0.2, 0) is 16.1 Å². The van der Waals surface area contributed by atoms with E-state index < -0.39 is 30.4 Å². The molecule has 0 aliphatic rings. The van der Waals surface area contributed by atoms with Crippen LogP contribution in [0.25, 0.3) is 0 Å². The summed E-state index contributed by atoms with van der Waals surface area (Å²) in [4.78, 5) is 34.6. The van der Waals surface area contributed by atoms with Gasteiger partial charge in [0.15, 0.2) is 0 Å². The summed E-state index contributed by atoms with van der Waals surface area (Å²) in [7, 11) is 1.49. The second-order valence-electron chi connectivity index (χ2n) is 4.39. The molecule has 2 amide bonds. The van der Waals surface area contributed by atoms with Crippen molar-refractivity contribution in [2.24, 2.45) is 0 Å². The van der Waals surface area contributed by atoms with Gasteiger partial charge in [0.2, 0.25) is 0 Å². The molecule has 1 aromatic carbocycles. The van der Waals surface area contributed by atoms with Crippen molar-refractivity contribution in [3.05, 3.63) is 34.3 Å². The topological polar surface area (TPSA) is 107 Å². The number of carboxylic acids is 2. The summed E-state index contributed by atoms with van der Waals surface area (Å²) in [6.07, 6.45) is -0.677. The summed E-state index contributed by atoms with van der Waals surface area (Å²) >= 11 is 3.35. The number of rotatable bonds is 6. The molecular weight excluding hydrogens is 344 g/mol. The fourth-order valence-corrected chi connectivity index (χ4v) is 2.00. The highest BCUT2D eigenvalue weighted by atomic mass is 79.9. The third-order valence-corrected chi connectivity index (χ3v) is 3.46. The summed E-state index contributed by atoms with van der Waals surface area (Å²) < 4.78 is 0.824. The van der Waals surface area contributed by atoms with E-state index in [1.165, 1.54) is 11.9 Å². The molecule has 0 aromatic heterocycles. The van der Waals surface area contributed by atoms with Gasteiger partial charge in [-0.1, -0.05) is 34.1 Å². The van der Waals surface area contributed by atoms with E-state index in [0.29, 0.717) is 0 Å². The van der Waals surface area contributed by atoms with Gasteiger partial charge in [-0.3, -0.25) is 4.79 Å². The maximum atomic E-state index is 11.9. The average molecular weight is 359 g/mol. The summed E-state index contributed by atoms with van der Waals surface area (Å²) in [6, 6.07) is 5.18. The van der Waals surface area contributed by atoms with Gasteiger partial charge in [0.1, 0.15) is 6.04 Å². The minimum Gasteiger partial charge on any atom is -0.481 e. The molecule has 0 unspecified atom stereocenters. The number of halogens is 1. The van der Waals surface area contributed by atoms with Crippen molar-refractivity contribution >= 4 is 33.9 Å². The van der Waals surface area contributed by atoms with Gasteiger partial charge in [-0.15, -0.1) is 0 Å². The van der Waals surface area contributed by atoms with Crippen LogP contribution in [0.1, 0.15) is 12.0 Å². The Hall–Kier alpha value is -2.09. The van der Waals surface area contributed by atoms with Crippen molar-refractivity contribution in [1.29, 1.82) is 0 Å². The number of nitrogens with zero attached hydrogens (tertiary/aromatic N) is 1. The zero-order valence-corrected chi connectivity index (χ0v) is 12.8. The smallest absolute Gasteiger partial charge is 0.326 e. The number of hydrogen-bond donors (Lipinski definition) is 3. The molecule has 0 spiro atoms. The van der Waals surface area contributed by atoms with Gasteiger partial charge in [0.05, 0.1) is 6.42 Å². The third-order valence-electron chi connectivity index (χ3n) is 2.69. The molecule has 0 fully saturated rings. The SMILES string of the molecule is CN(Cc1ccccc1Br)C(=O)N[C@@H](CC(=O)O)C(=O)O. The summed E-state index contributed by atoms with van der Waals surface area (Å²) in [5.41, 5.74) is 0.847. The van der Waals surface area contributed by atoms with Crippen LogP contribution in [0.15, 0.2) is 28.7 Å². The normalized spacial score (nSPS) is 11.5. The Bertz CT molecular complexity index is 549. The molecule has 0 radical (unpaired) electrons. The van der Waals surface area contributed by atoms with Crippen LogP contribution >= 0.6 is 15.9 Å². The van der Waals surface area contributed by atoms with E-state index >= 15 is 0 Å². The molecule has 0 aliphatic heterocycles.